The molecule has 0 saturated heterocycles. The third kappa shape index (κ3) is 3.43. The summed E-state index contributed by atoms with van der Waals surface area (Å²) in [6.07, 6.45) is 0.898. The Bertz CT molecular complexity index is 688. The molecule has 21 heavy (non-hydrogen) atoms. The number of hydrogen-bond donors (Lipinski definition) is 1. The van der Waals surface area contributed by atoms with Gasteiger partial charge in [0.1, 0.15) is 0 Å². The topological polar surface area (TPSA) is 24.9 Å². The third-order valence-electron chi connectivity index (χ3n) is 3.44. The first-order valence-corrected chi connectivity index (χ1v) is 8.29. The van der Waals surface area contributed by atoms with Crippen LogP contribution in [-0.4, -0.2) is 11.5 Å². The first-order valence-electron chi connectivity index (χ1n) is 7.09. The molecule has 1 aromatic heterocycles. The lowest BCUT2D eigenvalue weighted by Crippen LogP contribution is -2.22. The summed E-state index contributed by atoms with van der Waals surface area (Å²) in [6.45, 7) is 3.06. The van der Waals surface area contributed by atoms with Crippen LogP contribution in [0.5, 0.6) is 0 Å². The molecule has 0 spiro atoms. The molecule has 0 fully saturated rings. The summed E-state index contributed by atoms with van der Waals surface area (Å²) in [5.41, 5.74) is 2.34. The maximum Gasteiger partial charge on any atom is 0.0957 e. The van der Waals surface area contributed by atoms with Gasteiger partial charge in [0.25, 0.3) is 0 Å². The van der Waals surface area contributed by atoms with Gasteiger partial charge in [0.05, 0.1) is 15.2 Å². The highest BCUT2D eigenvalue weighted by atomic mass is 35.5. The molecule has 0 aliphatic heterocycles. The van der Waals surface area contributed by atoms with Crippen LogP contribution >= 0.6 is 22.9 Å². The minimum atomic E-state index is 0.271. The monoisotopic (exact) mass is 316 g/mol. The summed E-state index contributed by atoms with van der Waals surface area (Å²) < 4.78 is 1.25. The van der Waals surface area contributed by atoms with Gasteiger partial charge in [-0.2, -0.15) is 0 Å². The van der Waals surface area contributed by atoms with Crippen LogP contribution in [0, 0.1) is 0 Å². The lowest BCUT2D eigenvalue weighted by Gasteiger charge is -2.17. The second kappa shape index (κ2) is 6.56. The molecule has 1 unspecified atom stereocenters. The van der Waals surface area contributed by atoms with E-state index in [4.69, 9.17) is 16.6 Å². The summed E-state index contributed by atoms with van der Waals surface area (Å²) >= 11 is 7.75. The van der Waals surface area contributed by atoms with Gasteiger partial charge in [-0.15, -0.1) is 11.3 Å². The Kier molecular flexibility index (Phi) is 4.54. The summed E-state index contributed by atoms with van der Waals surface area (Å²) in [5.74, 6) is 0. The molecule has 2 aromatic carbocycles. The molecule has 0 radical (unpaired) electrons. The van der Waals surface area contributed by atoms with Crippen molar-refractivity contribution in [3.8, 4) is 0 Å². The minimum Gasteiger partial charge on any atom is -0.310 e. The van der Waals surface area contributed by atoms with Crippen molar-refractivity contribution in [3.05, 3.63) is 64.1 Å². The second-order valence-corrected chi connectivity index (χ2v) is 6.49. The first kappa shape index (κ1) is 14.5. The van der Waals surface area contributed by atoms with Gasteiger partial charge in [-0.1, -0.05) is 42.8 Å². The lowest BCUT2D eigenvalue weighted by atomic mass is 10.0. The van der Waals surface area contributed by atoms with Crippen LogP contribution in [0.1, 0.15) is 23.5 Å². The summed E-state index contributed by atoms with van der Waals surface area (Å²) in [5, 5.41) is 5.47. The van der Waals surface area contributed by atoms with E-state index in [1.54, 1.807) is 11.3 Å². The van der Waals surface area contributed by atoms with E-state index < -0.39 is 0 Å². The average molecular weight is 317 g/mol. The molecule has 0 aliphatic rings. The average Bonchev–Trinajstić information content (AvgIpc) is 2.90. The van der Waals surface area contributed by atoms with Crippen molar-refractivity contribution in [2.45, 2.75) is 19.4 Å². The number of para-hydroxylation sites is 1. The second-order valence-electron chi connectivity index (χ2n) is 4.94. The van der Waals surface area contributed by atoms with Gasteiger partial charge < -0.3 is 5.32 Å². The van der Waals surface area contributed by atoms with E-state index in [9.17, 15) is 0 Å². The van der Waals surface area contributed by atoms with Crippen LogP contribution in [-0.2, 0) is 6.42 Å². The molecule has 0 amide bonds. The van der Waals surface area contributed by atoms with Gasteiger partial charge in [-0.05, 0) is 36.4 Å². The van der Waals surface area contributed by atoms with Crippen LogP contribution in [0.15, 0.2) is 48.5 Å². The van der Waals surface area contributed by atoms with E-state index in [1.165, 1.54) is 10.3 Å². The Balaban J connectivity index is 1.85. The number of likely N-dealkylation sites (N-methyl/N-ethyl adjacent to an activating group) is 1. The van der Waals surface area contributed by atoms with Crippen LogP contribution in [0.2, 0.25) is 5.02 Å². The van der Waals surface area contributed by atoms with Crippen molar-refractivity contribution in [1.29, 1.82) is 0 Å². The molecule has 1 heterocycles. The van der Waals surface area contributed by atoms with Gasteiger partial charge in [-0.25, -0.2) is 4.98 Å². The number of aromatic nitrogens is 1. The predicted octanol–water partition coefficient (Wildman–Crippen LogP) is 4.84. The normalized spacial score (nSPS) is 12.7. The largest absolute Gasteiger partial charge is 0.310 e. The highest BCUT2D eigenvalue weighted by Gasteiger charge is 2.14. The molecule has 3 rings (SSSR count). The standard InChI is InChI=1S/C17H17ClN2S/c1-2-19-15(12-7-9-13(18)10-8-12)11-17-20-14-5-3-4-6-16(14)21-17/h3-10,15,19H,2,11H2,1H3. The van der Waals surface area contributed by atoms with E-state index in [-0.39, 0.29) is 6.04 Å². The number of benzene rings is 2. The van der Waals surface area contributed by atoms with E-state index in [0.29, 0.717) is 0 Å². The maximum atomic E-state index is 5.98. The fraction of sp³-hybridized carbons (Fsp3) is 0.235. The maximum absolute atomic E-state index is 5.98. The first-order chi connectivity index (χ1) is 10.3. The highest BCUT2D eigenvalue weighted by Crippen LogP contribution is 2.26. The molecular formula is C17H17ClN2S. The Morgan fingerprint density at radius 1 is 1.14 bits per heavy atom. The van der Waals surface area contributed by atoms with Crippen LogP contribution < -0.4 is 5.32 Å². The quantitative estimate of drug-likeness (QED) is 0.728. The van der Waals surface area contributed by atoms with E-state index in [0.717, 1.165) is 28.5 Å². The van der Waals surface area contributed by atoms with Crippen molar-refractivity contribution in [2.24, 2.45) is 0 Å². The zero-order valence-electron chi connectivity index (χ0n) is 11.8. The zero-order chi connectivity index (χ0) is 14.7. The number of rotatable bonds is 5. The number of thiazole rings is 1. The predicted molar refractivity (Wildman–Crippen MR) is 91.2 cm³/mol. The van der Waals surface area contributed by atoms with Gasteiger partial charge in [0.15, 0.2) is 0 Å². The molecule has 2 nitrogen and oxygen atoms in total. The van der Waals surface area contributed by atoms with E-state index in [1.807, 2.05) is 18.2 Å². The summed E-state index contributed by atoms with van der Waals surface area (Å²) in [6, 6.07) is 16.6. The molecular weight excluding hydrogens is 300 g/mol. The SMILES string of the molecule is CCNC(Cc1nc2ccccc2s1)c1ccc(Cl)cc1. The zero-order valence-corrected chi connectivity index (χ0v) is 13.4. The Morgan fingerprint density at radius 2 is 1.90 bits per heavy atom. The molecule has 0 bridgehead atoms. The van der Waals surface area contributed by atoms with Crippen molar-refractivity contribution < 1.29 is 0 Å². The minimum absolute atomic E-state index is 0.271. The third-order valence-corrected chi connectivity index (χ3v) is 4.75. The van der Waals surface area contributed by atoms with Crippen LogP contribution in [0.4, 0.5) is 0 Å². The molecule has 3 aromatic rings. The molecule has 4 heteroatoms. The summed E-state index contributed by atoms with van der Waals surface area (Å²) in [4.78, 5) is 4.73. The Labute approximate surface area is 133 Å². The highest BCUT2D eigenvalue weighted by molar-refractivity contribution is 7.18. The molecule has 108 valence electrons. The summed E-state index contributed by atoms with van der Waals surface area (Å²) in [7, 11) is 0. The Morgan fingerprint density at radius 3 is 2.62 bits per heavy atom. The van der Waals surface area contributed by atoms with Crippen LogP contribution in [0.3, 0.4) is 0 Å². The van der Waals surface area contributed by atoms with Gasteiger partial charge in [-0.3, -0.25) is 0 Å². The number of halogens is 1. The fourth-order valence-corrected chi connectivity index (χ4v) is 3.57. The number of fused-ring (bicyclic) bond motifs is 1. The van der Waals surface area contributed by atoms with Crippen LogP contribution in [0.25, 0.3) is 10.2 Å². The van der Waals surface area contributed by atoms with E-state index in [2.05, 4.69) is 42.6 Å². The molecule has 0 aliphatic carbocycles. The molecule has 0 saturated carbocycles. The number of nitrogens with one attached hydrogen (secondary N) is 1. The molecule has 1 atom stereocenters. The van der Waals surface area contributed by atoms with Gasteiger partial charge >= 0.3 is 0 Å². The molecule has 1 N–H and O–H groups in total. The smallest absolute Gasteiger partial charge is 0.0957 e. The van der Waals surface area contributed by atoms with Crippen molar-refractivity contribution in [3.63, 3.8) is 0 Å². The Hall–Kier alpha value is -1.42. The van der Waals surface area contributed by atoms with Crippen molar-refractivity contribution in [1.82, 2.24) is 10.3 Å². The fourth-order valence-electron chi connectivity index (χ4n) is 2.43. The van der Waals surface area contributed by atoms with Crippen molar-refractivity contribution in [2.75, 3.05) is 6.54 Å². The van der Waals surface area contributed by atoms with Gasteiger partial charge in [0.2, 0.25) is 0 Å². The number of hydrogen-bond acceptors (Lipinski definition) is 3. The van der Waals surface area contributed by atoms with Gasteiger partial charge in [0, 0.05) is 17.5 Å². The number of nitrogens with zero attached hydrogens (tertiary/aromatic N) is 1. The van der Waals surface area contributed by atoms with Crippen molar-refractivity contribution >= 4 is 33.2 Å². The lowest BCUT2D eigenvalue weighted by molar-refractivity contribution is 0.549. The van der Waals surface area contributed by atoms with E-state index >= 15 is 0 Å².